The first-order valence-corrected chi connectivity index (χ1v) is 7.18. The van der Waals surface area contributed by atoms with Gasteiger partial charge in [-0.15, -0.1) is 11.3 Å². The Hall–Kier alpha value is -0.520. The van der Waals surface area contributed by atoms with Crippen LogP contribution in [0.4, 0.5) is 0 Å². The van der Waals surface area contributed by atoms with Crippen molar-refractivity contribution in [1.29, 1.82) is 0 Å². The predicted molar refractivity (Wildman–Crippen MR) is 78.4 cm³/mol. The Balaban J connectivity index is 2.53. The van der Waals surface area contributed by atoms with Gasteiger partial charge >= 0.3 is 0 Å². The summed E-state index contributed by atoms with van der Waals surface area (Å²) >= 11 is 6.64. The van der Waals surface area contributed by atoms with Gasteiger partial charge in [0.1, 0.15) is 0 Å². The number of hydrogen-bond acceptors (Lipinski definition) is 4. The van der Waals surface area contributed by atoms with Crippen LogP contribution >= 0.6 is 23.6 Å². The number of nitrogens with zero attached hydrogens (tertiary/aromatic N) is 2. The molecule has 0 aliphatic carbocycles. The van der Waals surface area contributed by atoms with Crippen molar-refractivity contribution in [3.63, 3.8) is 0 Å². The average molecular weight is 271 g/mol. The van der Waals surface area contributed by atoms with Crippen LogP contribution in [0.15, 0.2) is 5.38 Å². The highest BCUT2D eigenvalue weighted by Gasteiger charge is 2.10. The van der Waals surface area contributed by atoms with E-state index < -0.39 is 0 Å². The predicted octanol–water partition coefficient (Wildman–Crippen LogP) is 2.59. The highest BCUT2D eigenvalue weighted by molar-refractivity contribution is 7.80. The molecular weight excluding hydrogens is 250 g/mol. The van der Waals surface area contributed by atoms with Crippen LogP contribution in [0.2, 0.25) is 0 Å². The monoisotopic (exact) mass is 271 g/mol. The zero-order valence-electron chi connectivity index (χ0n) is 10.8. The lowest BCUT2D eigenvalue weighted by atomic mass is 10.2. The molecule has 17 heavy (non-hydrogen) atoms. The zero-order chi connectivity index (χ0) is 12.8. The second-order valence-electron chi connectivity index (χ2n) is 4.70. The lowest BCUT2D eigenvalue weighted by Gasteiger charge is -2.23. The first-order chi connectivity index (χ1) is 7.97. The maximum absolute atomic E-state index is 5.56. The summed E-state index contributed by atoms with van der Waals surface area (Å²) in [5, 5.41) is 3.25. The van der Waals surface area contributed by atoms with Crippen molar-refractivity contribution in [1.82, 2.24) is 9.88 Å². The topological polar surface area (TPSA) is 42.2 Å². The standard InChI is InChI=1S/C12H21N3S2/c1-9(2)6-15(5-4-12(13)16)7-11-8-17-10(3)14-11/h8-9H,4-7H2,1-3H3,(H2,13,16). The Morgan fingerprint density at radius 3 is 2.76 bits per heavy atom. The van der Waals surface area contributed by atoms with Crippen LogP contribution in [0.25, 0.3) is 0 Å². The second kappa shape index (κ2) is 7.03. The van der Waals surface area contributed by atoms with E-state index in [1.165, 1.54) is 0 Å². The van der Waals surface area contributed by atoms with Gasteiger partial charge in [0.2, 0.25) is 0 Å². The minimum atomic E-state index is 0.591. The maximum atomic E-state index is 5.56. The van der Waals surface area contributed by atoms with Crippen LogP contribution in [0.3, 0.4) is 0 Å². The minimum Gasteiger partial charge on any atom is -0.393 e. The lowest BCUT2D eigenvalue weighted by Crippen LogP contribution is -2.30. The van der Waals surface area contributed by atoms with Gasteiger partial charge in [0.25, 0.3) is 0 Å². The van der Waals surface area contributed by atoms with E-state index >= 15 is 0 Å². The molecule has 0 saturated carbocycles. The van der Waals surface area contributed by atoms with Gasteiger partial charge in [-0.05, 0) is 12.8 Å². The fourth-order valence-electron chi connectivity index (χ4n) is 1.73. The third-order valence-electron chi connectivity index (χ3n) is 2.35. The Morgan fingerprint density at radius 2 is 2.29 bits per heavy atom. The second-order valence-corrected chi connectivity index (χ2v) is 6.29. The number of hydrogen-bond donors (Lipinski definition) is 1. The molecular formula is C12H21N3S2. The maximum Gasteiger partial charge on any atom is 0.0897 e. The van der Waals surface area contributed by atoms with Crippen molar-refractivity contribution < 1.29 is 0 Å². The molecule has 1 aromatic heterocycles. The van der Waals surface area contributed by atoms with Crippen LogP contribution in [0.1, 0.15) is 31.0 Å². The molecule has 1 rings (SSSR count). The SMILES string of the molecule is Cc1nc(CN(CCC(N)=S)CC(C)C)cs1. The van der Waals surface area contributed by atoms with Crippen LogP contribution in [-0.2, 0) is 6.54 Å². The van der Waals surface area contributed by atoms with Crippen LogP contribution in [-0.4, -0.2) is 28.0 Å². The molecule has 0 aliphatic rings. The van der Waals surface area contributed by atoms with Gasteiger partial charge in [0.05, 0.1) is 15.7 Å². The summed E-state index contributed by atoms with van der Waals surface area (Å²) in [4.78, 5) is 7.46. The third-order valence-corrected chi connectivity index (χ3v) is 3.38. The van der Waals surface area contributed by atoms with E-state index in [9.17, 15) is 0 Å². The molecule has 0 atom stereocenters. The largest absolute Gasteiger partial charge is 0.393 e. The summed E-state index contributed by atoms with van der Waals surface area (Å²) < 4.78 is 0. The molecule has 0 unspecified atom stereocenters. The summed E-state index contributed by atoms with van der Waals surface area (Å²) in [5.41, 5.74) is 6.71. The fourth-order valence-corrected chi connectivity index (χ4v) is 2.42. The molecule has 2 N–H and O–H groups in total. The zero-order valence-corrected chi connectivity index (χ0v) is 12.4. The highest BCUT2D eigenvalue weighted by atomic mass is 32.1. The van der Waals surface area contributed by atoms with Crippen molar-refractivity contribution in [2.24, 2.45) is 11.7 Å². The average Bonchev–Trinajstić information content (AvgIpc) is 2.59. The smallest absolute Gasteiger partial charge is 0.0897 e. The van der Waals surface area contributed by atoms with E-state index in [2.05, 4.69) is 29.1 Å². The molecule has 96 valence electrons. The third kappa shape index (κ3) is 6.10. The Labute approximate surface area is 113 Å². The number of thiocarbonyl (C=S) groups is 1. The molecule has 0 spiro atoms. The summed E-state index contributed by atoms with van der Waals surface area (Å²) in [6.45, 7) is 9.35. The molecule has 0 aromatic carbocycles. The number of thiazole rings is 1. The van der Waals surface area contributed by atoms with Crippen molar-refractivity contribution in [2.75, 3.05) is 13.1 Å². The van der Waals surface area contributed by atoms with E-state index in [-0.39, 0.29) is 0 Å². The van der Waals surface area contributed by atoms with Crippen LogP contribution in [0.5, 0.6) is 0 Å². The summed E-state index contributed by atoms with van der Waals surface area (Å²) in [6.07, 6.45) is 0.783. The highest BCUT2D eigenvalue weighted by Crippen LogP contribution is 2.12. The van der Waals surface area contributed by atoms with Crippen LogP contribution < -0.4 is 5.73 Å². The van der Waals surface area contributed by atoms with Crippen LogP contribution in [0, 0.1) is 12.8 Å². The van der Waals surface area contributed by atoms with Gasteiger partial charge < -0.3 is 5.73 Å². The lowest BCUT2D eigenvalue weighted by molar-refractivity contribution is 0.240. The quantitative estimate of drug-likeness (QED) is 0.774. The molecule has 1 aromatic rings. The minimum absolute atomic E-state index is 0.591. The van der Waals surface area contributed by atoms with Gasteiger partial charge in [-0.1, -0.05) is 26.1 Å². The van der Waals surface area contributed by atoms with Gasteiger partial charge in [0.15, 0.2) is 0 Å². The van der Waals surface area contributed by atoms with Crippen molar-refractivity contribution in [2.45, 2.75) is 33.7 Å². The fraction of sp³-hybridized carbons (Fsp3) is 0.667. The van der Waals surface area contributed by atoms with Gasteiger partial charge in [0, 0.05) is 31.4 Å². The Kier molecular flexibility index (Phi) is 6.02. The summed E-state index contributed by atoms with van der Waals surface area (Å²) in [7, 11) is 0. The Morgan fingerprint density at radius 1 is 1.59 bits per heavy atom. The van der Waals surface area contributed by atoms with E-state index in [0.717, 1.165) is 36.8 Å². The number of rotatable bonds is 7. The number of aryl methyl sites for hydroxylation is 1. The molecule has 0 radical (unpaired) electrons. The molecule has 0 amide bonds. The van der Waals surface area contributed by atoms with E-state index in [4.69, 9.17) is 18.0 Å². The number of aromatic nitrogens is 1. The molecule has 0 aliphatic heterocycles. The summed E-state index contributed by atoms with van der Waals surface area (Å²) in [6, 6.07) is 0. The van der Waals surface area contributed by atoms with Gasteiger partial charge in [-0.2, -0.15) is 0 Å². The molecule has 3 nitrogen and oxygen atoms in total. The normalized spacial score (nSPS) is 11.4. The van der Waals surface area contributed by atoms with Crippen molar-refractivity contribution in [3.8, 4) is 0 Å². The van der Waals surface area contributed by atoms with E-state index in [1.807, 2.05) is 6.92 Å². The number of nitrogens with two attached hydrogens (primary N) is 1. The first-order valence-electron chi connectivity index (χ1n) is 5.89. The molecule has 0 bridgehead atoms. The van der Waals surface area contributed by atoms with Crippen molar-refractivity contribution in [3.05, 3.63) is 16.1 Å². The summed E-state index contributed by atoms with van der Waals surface area (Å²) in [5.74, 6) is 0.640. The van der Waals surface area contributed by atoms with Crippen molar-refractivity contribution >= 4 is 28.5 Å². The molecule has 0 saturated heterocycles. The molecule has 0 fully saturated rings. The first kappa shape index (κ1) is 14.5. The van der Waals surface area contributed by atoms with E-state index in [1.54, 1.807) is 11.3 Å². The van der Waals surface area contributed by atoms with Gasteiger partial charge in [-0.25, -0.2) is 4.98 Å². The molecule has 5 heteroatoms. The van der Waals surface area contributed by atoms with Gasteiger partial charge in [-0.3, -0.25) is 4.90 Å². The molecule has 1 heterocycles. The van der Waals surface area contributed by atoms with E-state index in [0.29, 0.717) is 10.9 Å². The Bertz CT molecular complexity index is 360.